The average Bonchev–Trinajstić information content (AvgIpc) is 2.77. The molecule has 0 fully saturated rings. The molecular formula is C24H20O5. The van der Waals surface area contributed by atoms with Crippen molar-refractivity contribution < 1.29 is 23.8 Å². The first-order valence-electron chi connectivity index (χ1n) is 8.92. The Morgan fingerprint density at radius 1 is 0.724 bits per heavy atom. The first-order valence-corrected chi connectivity index (χ1v) is 8.92. The smallest absolute Gasteiger partial charge is 0.343 e. The molecule has 0 radical (unpaired) electrons. The van der Waals surface area contributed by atoms with Gasteiger partial charge in [0.2, 0.25) is 0 Å². The maximum Gasteiger partial charge on any atom is 0.343 e. The van der Waals surface area contributed by atoms with E-state index in [9.17, 15) is 9.59 Å². The van der Waals surface area contributed by atoms with Crippen molar-refractivity contribution in [1.29, 1.82) is 0 Å². The second kappa shape index (κ2) is 9.37. The Morgan fingerprint density at radius 3 is 2.03 bits per heavy atom. The summed E-state index contributed by atoms with van der Waals surface area (Å²) < 4.78 is 15.8. The number of benzene rings is 3. The van der Waals surface area contributed by atoms with Gasteiger partial charge in [-0.1, -0.05) is 36.4 Å². The summed E-state index contributed by atoms with van der Waals surface area (Å²) in [4.78, 5) is 24.7. The molecule has 0 heterocycles. The summed E-state index contributed by atoms with van der Waals surface area (Å²) in [6.07, 6.45) is 3.13. The van der Waals surface area contributed by atoms with E-state index in [2.05, 4.69) is 0 Å². The molecule has 29 heavy (non-hydrogen) atoms. The van der Waals surface area contributed by atoms with E-state index in [1.54, 1.807) is 87.0 Å². The van der Waals surface area contributed by atoms with E-state index in [1.165, 1.54) is 6.08 Å². The quantitative estimate of drug-likeness (QED) is 0.251. The fourth-order valence-electron chi connectivity index (χ4n) is 2.65. The number of ketones is 1. The van der Waals surface area contributed by atoms with Crippen LogP contribution in [-0.2, 0) is 0 Å². The number of hydrogen-bond donors (Lipinski definition) is 0. The maximum atomic E-state index is 12.5. The van der Waals surface area contributed by atoms with Gasteiger partial charge in [0.25, 0.3) is 0 Å². The van der Waals surface area contributed by atoms with E-state index in [4.69, 9.17) is 14.2 Å². The van der Waals surface area contributed by atoms with E-state index in [1.807, 2.05) is 6.07 Å². The molecule has 0 aliphatic carbocycles. The summed E-state index contributed by atoms with van der Waals surface area (Å²) in [7, 11) is 3.13. The van der Waals surface area contributed by atoms with Gasteiger partial charge in [-0.25, -0.2) is 4.79 Å². The number of allylic oxidation sites excluding steroid dienone is 1. The van der Waals surface area contributed by atoms with E-state index >= 15 is 0 Å². The average molecular weight is 388 g/mol. The normalized spacial score (nSPS) is 10.6. The molecule has 5 heteroatoms. The Hall–Kier alpha value is -3.86. The van der Waals surface area contributed by atoms with Gasteiger partial charge in [-0.2, -0.15) is 0 Å². The summed E-state index contributed by atoms with van der Waals surface area (Å²) in [6, 6.07) is 20.5. The zero-order chi connectivity index (χ0) is 20.6. The SMILES string of the molecule is COc1cc(/C=C/C(=O)c2cccc(OC(=O)c3ccccc3)c2)cc(OC)c1. The Bertz CT molecular complexity index is 1020. The summed E-state index contributed by atoms with van der Waals surface area (Å²) in [5.41, 5.74) is 1.62. The molecule has 3 rings (SSSR count). The molecule has 0 N–H and O–H groups in total. The lowest BCUT2D eigenvalue weighted by Crippen LogP contribution is -2.08. The number of ether oxygens (including phenoxy) is 3. The minimum absolute atomic E-state index is 0.218. The second-order valence-corrected chi connectivity index (χ2v) is 6.13. The first kappa shape index (κ1) is 19.9. The van der Waals surface area contributed by atoms with Crippen LogP contribution in [0.5, 0.6) is 17.2 Å². The fraction of sp³-hybridized carbons (Fsp3) is 0.0833. The van der Waals surface area contributed by atoms with Crippen molar-refractivity contribution in [2.24, 2.45) is 0 Å². The summed E-state index contributed by atoms with van der Waals surface area (Å²) in [5, 5.41) is 0. The van der Waals surface area contributed by atoms with Gasteiger partial charge in [-0.15, -0.1) is 0 Å². The van der Waals surface area contributed by atoms with Crippen molar-refractivity contribution >= 4 is 17.8 Å². The standard InChI is InChI=1S/C24H20O5/c1-27-21-13-17(14-22(16-21)28-2)11-12-23(25)19-9-6-10-20(15-19)29-24(26)18-7-4-3-5-8-18/h3-16H,1-2H3/b12-11+. The van der Waals surface area contributed by atoms with Crippen molar-refractivity contribution in [3.63, 3.8) is 0 Å². The highest BCUT2D eigenvalue weighted by atomic mass is 16.5. The van der Waals surface area contributed by atoms with Crippen LogP contribution in [0.1, 0.15) is 26.3 Å². The zero-order valence-electron chi connectivity index (χ0n) is 16.1. The third kappa shape index (κ3) is 5.32. The predicted molar refractivity (Wildman–Crippen MR) is 111 cm³/mol. The van der Waals surface area contributed by atoms with Crippen molar-refractivity contribution in [3.05, 3.63) is 95.6 Å². The molecule has 0 saturated carbocycles. The maximum absolute atomic E-state index is 12.5. The van der Waals surface area contributed by atoms with Gasteiger partial charge < -0.3 is 14.2 Å². The monoisotopic (exact) mass is 388 g/mol. The first-order chi connectivity index (χ1) is 14.1. The van der Waals surface area contributed by atoms with Crippen LogP contribution in [0.2, 0.25) is 0 Å². The molecule has 0 aromatic heterocycles. The van der Waals surface area contributed by atoms with Crippen LogP contribution in [0.25, 0.3) is 6.08 Å². The molecule has 3 aromatic carbocycles. The number of rotatable bonds is 7. The van der Waals surface area contributed by atoms with Crippen LogP contribution in [0.15, 0.2) is 78.9 Å². The van der Waals surface area contributed by atoms with Crippen molar-refractivity contribution in [2.45, 2.75) is 0 Å². The van der Waals surface area contributed by atoms with Gasteiger partial charge in [0.15, 0.2) is 5.78 Å². The Labute approximate surface area is 169 Å². The van der Waals surface area contributed by atoms with Crippen molar-refractivity contribution in [2.75, 3.05) is 14.2 Å². The molecule has 0 atom stereocenters. The van der Waals surface area contributed by atoms with Crippen LogP contribution in [0, 0.1) is 0 Å². The minimum atomic E-state index is -0.478. The molecule has 3 aromatic rings. The lowest BCUT2D eigenvalue weighted by molar-refractivity contribution is 0.0734. The van der Waals surface area contributed by atoms with E-state index in [-0.39, 0.29) is 5.78 Å². The van der Waals surface area contributed by atoms with Gasteiger partial charge in [-0.05, 0) is 48.0 Å². The molecule has 0 spiro atoms. The van der Waals surface area contributed by atoms with E-state index in [0.717, 1.165) is 5.56 Å². The second-order valence-electron chi connectivity index (χ2n) is 6.13. The largest absolute Gasteiger partial charge is 0.497 e. The summed E-state index contributed by atoms with van der Waals surface area (Å²) in [5.74, 6) is 0.873. The third-order valence-electron chi connectivity index (χ3n) is 4.14. The third-order valence-corrected chi connectivity index (χ3v) is 4.14. The molecule has 0 aliphatic rings. The van der Waals surface area contributed by atoms with Crippen LogP contribution in [-0.4, -0.2) is 26.0 Å². The van der Waals surface area contributed by atoms with Gasteiger partial charge in [0.05, 0.1) is 19.8 Å². The highest BCUT2D eigenvalue weighted by Gasteiger charge is 2.10. The number of esters is 1. The minimum Gasteiger partial charge on any atom is -0.497 e. The predicted octanol–water partition coefficient (Wildman–Crippen LogP) is 4.82. The molecule has 0 aliphatic heterocycles. The van der Waals surface area contributed by atoms with Gasteiger partial charge in [0.1, 0.15) is 17.2 Å². The van der Waals surface area contributed by atoms with Gasteiger partial charge >= 0.3 is 5.97 Å². The van der Waals surface area contributed by atoms with Crippen LogP contribution < -0.4 is 14.2 Å². The highest BCUT2D eigenvalue weighted by Crippen LogP contribution is 2.23. The topological polar surface area (TPSA) is 61.8 Å². The lowest BCUT2D eigenvalue weighted by atomic mass is 10.1. The number of carbonyl (C=O) groups is 2. The highest BCUT2D eigenvalue weighted by molar-refractivity contribution is 6.07. The number of hydrogen-bond acceptors (Lipinski definition) is 5. The fourth-order valence-corrected chi connectivity index (χ4v) is 2.65. The van der Waals surface area contributed by atoms with E-state index < -0.39 is 5.97 Å². The molecule has 146 valence electrons. The Balaban J connectivity index is 1.74. The molecule has 5 nitrogen and oxygen atoms in total. The van der Waals surface area contributed by atoms with Crippen LogP contribution in [0.4, 0.5) is 0 Å². The van der Waals surface area contributed by atoms with Crippen LogP contribution >= 0.6 is 0 Å². The lowest BCUT2D eigenvalue weighted by Gasteiger charge is -2.06. The van der Waals surface area contributed by atoms with Gasteiger partial charge in [-0.3, -0.25) is 4.79 Å². The Kier molecular flexibility index (Phi) is 6.43. The molecule has 0 unspecified atom stereocenters. The molecule has 0 saturated heterocycles. The number of methoxy groups -OCH3 is 2. The molecule has 0 bridgehead atoms. The Morgan fingerprint density at radius 2 is 1.38 bits per heavy atom. The zero-order valence-corrected chi connectivity index (χ0v) is 16.1. The summed E-state index contributed by atoms with van der Waals surface area (Å²) in [6.45, 7) is 0. The van der Waals surface area contributed by atoms with Gasteiger partial charge in [0, 0.05) is 11.6 Å². The van der Waals surface area contributed by atoms with Crippen molar-refractivity contribution in [1.82, 2.24) is 0 Å². The molecule has 0 amide bonds. The van der Waals surface area contributed by atoms with Crippen LogP contribution in [0.3, 0.4) is 0 Å². The summed E-state index contributed by atoms with van der Waals surface area (Å²) >= 11 is 0. The van der Waals surface area contributed by atoms with Crippen molar-refractivity contribution in [3.8, 4) is 17.2 Å². The number of carbonyl (C=O) groups excluding carboxylic acids is 2. The van der Waals surface area contributed by atoms with E-state index in [0.29, 0.717) is 28.4 Å². The molecular weight excluding hydrogens is 368 g/mol.